The summed E-state index contributed by atoms with van der Waals surface area (Å²) in [4.78, 5) is 24.0. The molecule has 0 bridgehead atoms. The maximum absolute atomic E-state index is 10.6. The Balaban J connectivity index is 2.37. The lowest BCUT2D eigenvalue weighted by Gasteiger charge is -2.06. The fraction of sp³-hybridized carbons (Fsp3) is 0.273. The molecule has 0 saturated heterocycles. The molecule has 84 valence electrons. The van der Waals surface area contributed by atoms with Crippen molar-refractivity contribution >= 4 is 17.7 Å². The topological polar surface area (TPSA) is 67.8 Å². The van der Waals surface area contributed by atoms with Gasteiger partial charge in [0, 0.05) is 6.92 Å². The number of hydrogen-bond donors (Lipinski definition) is 1. The lowest BCUT2D eigenvalue weighted by Crippen LogP contribution is -2.25. The van der Waals surface area contributed by atoms with E-state index in [1.807, 2.05) is 0 Å². The van der Waals surface area contributed by atoms with Gasteiger partial charge in [0.1, 0.15) is 12.4 Å². The van der Waals surface area contributed by atoms with Crippen LogP contribution in [0.4, 0.5) is 5.69 Å². The summed E-state index contributed by atoms with van der Waals surface area (Å²) in [5.74, 6) is 0.578. The van der Waals surface area contributed by atoms with Crippen molar-refractivity contribution in [2.24, 2.45) is 4.99 Å². The molecule has 0 heterocycles. The number of carbonyl (C=O) groups excluding carboxylic acids is 2. The first-order valence-electron chi connectivity index (χ1n) is 4.77. The van der Waals surface area contributed by atoms with Crippen LogP contribution in [0.5, 0.6) is 5.75 Å². The Labute approximate surface area is 93.1 Å². The van der Waals surface area contributed by atoms with Gasteiger partial charge < -0.3 is 10.1 Å². The van der Waals surface area contributed by atoms with Crippen LogP contribution in [0.1, 0.15) is 6.92 Å². The summed E-state index contributed by atoms with van der Waals surface area (Å²) in [5, 5.41) is 2.61. The highest BCUT2D eigenvalue weighted by atomic mass is 16.5. The van der Waals surface area contributed by atoms with Crippen molar-refractivity contribution in [3.05, 3.63) is 24.3 Å². The number of amides is 1. The van der Waals surface area contributed by atoms with Crippen molar-refractivity contribution < 1.29 is 14.3 Å². The molecule has 0 aliphatic carbocycles. The molecule has 1 aromatic carbocycles. The van der Waals surface area contributed by atoms with E-state index in [4.69, 9.17) is 4.74 Å². The highest BCUT2D eigenvalue weighted by Gasteiger charge is 1.95. The van der Waals surface area contributed by atoms with Gasteiger partial charge in [0.25, 0.3) is 0 Å². The highest BCUT2D eigenvalue weighted by molar-refractivity contribution is 5.72. The summed E-state index contributed by atoms with van der Waals surface area (Å²) in [5.41, 5.74) is 0.532. The van der Waals surface area contributed by atoms with Crippen LogP contribution >= 0.6 is 0 Å². The van der Waals surface area contributed by atoms with Crippen LogP contribution in [-0.4, -0.2) is 25.1 Å². The van der Waals surface area contributed by atoms with E-state index in [0.29, 0.717) is 24.6 Å². The molecule has 0 aromatic heterocycles. The van der Waals surface area contributed by atoms with Gasteiger partial charge in [-0.1, -0.05) is 0 Å². The van der Waals surface area contributed by atoms with Crippen LogP contribution in [0.2, 0.25) is 0 Å². The van der Waals surface area contributed by atoms with E-state index in [1.54, 1.807) is 24.3 Å². The predicted molar refractivity (Wildman–Crippen MR) is 58.4 cm³/mol. The van der Waals surface area contributed by atoms with Gasteiger partial charge in [-0.3, -0.25) is 4.79 Å². The van der Waals surface area contributed by atoms with E-state index in [9.17, 15) is 9.59 Å². The molecule has 0 atom stereocenters. The predicted octanol–water partition coefficient (Wildman–Crippen LogP) is 1.17. The maximum atomic E-state index is 10.6. The van der Waals surface area contributed by atoms with Crippen molar-refractivity contribution in [2.75, 3.05) is 13.2 Å². The Bertz CT molecular complexity index is 394. The van der Waals surface area contributed by atoms with Crippen LogP contribution < -0.4 is 10.1 Å². The second-order valence-corrected chi connectivity index (χ2v) is 3.03. The van der Waals surface area contributed by atoms with Crippen LogP contribution in [0.3, 0.4) is 0 Å². The minimum atomic E-state index is -0.0840. The molecular formula is C11H12N2O3. The van der Waals surface area contributed by atoms with E-state index >= 15 is 0 Å². The molecule has 0 unspecified atom stereocenters. The van der Waals surface area contributed by atoms with Crippen LogP contribution in [0.15, 0.2) is 29.3 Å². The Kier molecular flexibility index (Phi) is 4.76. The first kappa shape index (κ1) is 11.9. The largest absolute Gasteiger partial charge is 0.492 e. The highest BCUT2D eigenvalue weighted by Crippen LogP contribution is 2.17. The van der Waals surface area contributed by atoms with Gasteiger partial charge in [0.05, 0.1) is 12.2 Å². The summed E-state index contributed by atoms with van der Waals surface area (Å²) in [6.07, 6.45) is 1.45. The zero-order valence-corrected chi connectivity index (χ0v) is 8.90. The summed E-state index contributed by atoms with van der Waals surface area (Å²) >= 11 is 0. The van der Waals surface area contributed by atoms with Gasteiger partial charge in [0.2, 0.25) is 12.0 Å². The van der Waals surface area contributed by atoms with Gasteiger partial charge in [-0.05, 0) is 24.3 Å². The lowest BCUT2D eigenvalue weighted by molar-refractivity contribution is -0.119. The van der Waals surface area contributed by atoms with E-state index in [1.165, 1.54) is 13.0 Å². The molecule has 0 aliphatic rings. The lowest BCUT2D eigenvalue weighted by atomic mass is 10.3. The van der Waals surface area contributed by atoms with E-state index in [2.05, 4.69) is 10.3 Å². The summed E-state index contributed by atoms with van der Waals surface area (Å²) in [6.45, 7) is 2.31. The molecule has 1 N–H and O–H groups in total. The number of aliphatic imine (C=N–C) groups is 1. The molecule has 0 spiro atoms. The van der Waals surface area contributed by atoms with E-state index < -0.39 is 0 Å². The number of ether oxygens (including phenoxy) is 1. The van der Waals surface area contributed by atoms with Crippen molar-refractivity contribution in [1.82, 2.24) is 5.32 Å². The number of benzene rings is 1. The van der Waals surface area contributed by atoms with Gasteiger partial charge in [-0.2, -0.15) is 4.99 Å². The number of nitrogens with zero attached hydrogens (tertiary/aromatic N) is 1. The molecule has 1 amide bonds. The Morgan fingerprint density at radius 1 is 1.44 bits per heavy atom. The smallest absolute Gasteiger partial charge is 0.240 e. The SMILES string of the molecule is CC(=O)NCCOc1ccc(N=C=O)cc1. The molecule has 5 heteroatoms. The van der Waals surface area contributed by atoms with Gasteiger partial charge in [-0.25, -0.2) is 4.79 Å². The number of isocyanates is 1. The molecule has 1 rings (SSSR count). The van der Waals surface area contributed by atoms with Gasteiger partial charge in [-0.15, -0.1) is 0 Å². The number of hydrogen-bond acceptors (Lipinski definition) is 4. The van der Waals surface area contributed by atoms with Crippen molar-refractivity contribution in [3.63, 3.8) is 0 Å². The average molecular weight is 220 g/mol. The molecule has 0 fully saturated rings. The zero-order valence-electron chi connectivity index (χ0n) is 8.90. The quantitative estimate of drug-likeness (QED) is 0.460. The summed E-state index contributed by atoms with van der Waals surface area (Å²) in [7, 11) is 0. The third-order valence-corrected chi connectivity index (χ3v) is 1.76. The Morgan fingerprint density at radius 3 is 2.69 bits per heavy atom. The molecule has 0 saturated carbocycles. The summed E-state index contributed by atoms with van der Waals surface area (Å²) in [6, 6.07) is 6.70. The van der Waals surface area contributed by atoms with Crippen molar-refractivity contribution in [1.29, 1.82) is 0 Å². The maximum Gasteiger partial charge on any atom is 0.240 e. The first-order valence-corrected chi connectivity index (χ1v) is 4.77. The Morgan fingerprint density at radius 2 is 2.12 bits per heavy atom. The van der Waals surface area contributed by atoms with Crippen LogP contribution in [0, 0.1) is 0 Å². The average Bonchev–Trinajstić information content (AvgIpc) is 2.27. The molecule has 16 heavy (non-hydrogen) atoms. The van der Waals surface area contributed by atoms with E-state index in [0.717, 1.165) is 0 Å². The second kappa shape index (κ2) is 6.37. The number of nitrogens with one attached hydrogen (secondary N) is 1. The first-order chi connectivity index (χ1) is 7.72. The fourth-order valence-corrected chi connectivity index (χ4v) is 1.07. The van der Waals surface area contributed by atoms with Gasteiger partial charge in [0.15, 0.2) is 0 Å². The fourth-order valence-electron chi connectivity index (χ4n) is 1.07. The second-order valence-electron chi connectivity index (χ2n) is 3.03. The molecule has 0 aliphatic heterocycles. The van der Waals surface area contributed by atoms with Crippen molar-refractivity contribution in [3.8, 4) is 5.75 Å². The van der Waals surface area contributed by atoms with E-state index in [-0.39, 0.29) is 5.91 Å². The standard InChI is InChI=1S/C11H12N2O3/c1-9(15)12-6-7-16-11-4-2-10(3-5-11)13-8-14/h2-5H,6-7H2,1H3,(H,12,15). The minimum Gasteiger partial charge on any atom is -0.492 e. The van der Waals surface area contributed by atoms with Crippen LogP contribution in [0.25, 0.3) is 0 Å². The minimum absolute atomic E-state index is 0.0840. The third kappa shape index (κ3) is 4.39. The molecule has 5 nitrogen and oxygen atoms in total. The summed E-state index contributed by atoms with van der Waals surface area (Å²) < 4.78 is 5.33. The normalized spacial score (nSPS) is 9.06. The third-order valence-electron chi connectivity index (χ3n) is 1.76. The zero-order chi connectivity index (χ0) is 11.8. The number of carbonyl (C=O) groups is 1. The molecule has 1 aromatic rings. The molecular weight excluding hydrogens is 208 g/mol. The molecule has 0 radical (unpaired) electrons. The number of rotatable bonds is 5. The monoisotopic (exact) mass is 220 g/mol. The van der Waals surface area contributed by atoms with Gasteiger partial charge >= 0.3 is 0 Å². The van der Waals surface area contributed by atoms with Crippen LogP contribution in [-0.2, 0) is 9.59 Å². The Hall–Kier alpha value is -2.13. The van der Waals surface area contributed by atoms with Crippen molar-refractivity contribution in [2.45, 2.75) is 6.92 Å².